The molecule has 4 aliphatic rings. The molecule has 0 atom stereocenters. The van der Waals surface area contributed by atoms with Crippen LogP contribution in [0.25, 0.3) is 46.4 Å². The van der Waals surface area contributed by atoms with Crippen LogP contribution >= 0.6 is 11.6 Å². The number of halogens is 1. The first-order chi connectivity index (χ1) is 48.6. The van der Waals surface area contributed by atoms with Crippen LogP contribution in [0.4, 0.5) is 22.7 Å². The molecule has 0 amide bonds. The van der Waals surface area contributed by atoms with Gasteiger partial charge in [0, 0.05) is 167 Å². The summed E-state index contributed by atoms with van der Waals surface area (Å²) < 4.78 is 113. The molecule has 4 aliphatic heterocycles. The van der Waals surface area contributed by atoms with Crippen LogP contribution in [0.3, 0.4) is 0 Å². The number of piperazine rings is 2. The Balaban J connectivity index is 0.000000161. The molecule has 0 saturated carbocycles. The molecule has 0 radical (unpaired) electrons. The molecule has 27 nitrogen and oxygen atoms in total. The lowest BCUT2D eigenvalue weighted by Crippen LogP contribution is -2.47. The van der Waals surface area contributed by atoms with E-state index in [2.05, 4.69) is 44.2 Å². The van der Waals surface area contributed by atoms with Crippen LogP contribution < -0.4 is 35.4 Å². The van der Waals surface area contributed by atoms with Crippen LogP contribution in [-0.2, 0) is 40.1 Å². The third-order valence-electron chi connectivity index (χ3n) is 16.5. The van der Waals surface area contributed by atoms with Gasteiger partial charge in [-0.25, -0.2) is 52.9 Å². The molecular formula is C71H84ClN15O12S4. The summed E-state index contributed by atoms with van der Waals surface area (Å²) in [7, 11) is -11.0. The largest absolute Gasteiger partial charge is 0.623 e. The summed E-state index contributed by atoms with van der Waals surface area (Å²) in [6.45, 7) is 19.1. The SMILES string of the molecule is CCNS(=O)(=O)c1cc2c(cc1=CN(O)C(C)(C)C)N=CC=2.CCNS(=O)(=O)c1cc2c(cc1=CN(O)c1ccccc1)N=CC=2.CN1CCN(S(=O)(=O)c2cc3c(Cl)ccnc3cc2/C=[N+](\[O-])c2cccnc2)CC1.CN1CCN(S(=O)(=O)c2cc3cccnc3cc2/C=[N+](\[O-])C(C)(C)C)CC1. The first-order valence-corrected chi connectivity index (χ1v) is 39.0. The Morgan fingerprint density at radius 2 is 1.09 bits per heavy atom. The van der Waals surface area contributed by atoms with Crippen molar-refractivity contribution in [1.29, 1.82) is 0 Å². The fourth-order valence-corrected chi connectivity index (χ4v) is 16.6. The summed E-state index contributed by atoms with van der Waals surface area (Å²) in [5.41, 5.74) is 2.72. The Kier molecular flexibility index (Phi) is 25.0. The predicted octanol–water partition coefficient (Wildman–Crippen LogP) is 6.20. The molecule has 4 N–H and O–H groups in total. The normalized spacial score (nSPS) is 16.0. The molecule has 3 aromatic heterocycles. The van der Waals surface area contributed by atoms with Crippen molar-refractivity contribution in [2.75, 3.05) is 84.6 Å². The number of anilines is 1. The minimum absolute atomic E-state index is 0.0270. The molecule has 2 saturated heterocycles. The van der Waals surface area contributed by atoms with Gasteiger partial charge in [-0.2, -0.15) is 13.3 Å². The zero-order chi connectivity index (χ0) is 74.8. The van der Waals surface area contributed by atoms with E-state index in [9.17, 15) is 54.5 Å². The van der Waals surface area contributed by atoms with E-state index in [-0.39, 0.29) is 31.7 Å². The first kappa shape index (κ1) is 78.3. The Bertz CT molecular complexity index is 5320. The molecule has 5 aromatic carbocycles. The molecular weight excluding hydrogens is 1420 g/mol. The highest BCUT2D eigenvalue weighted by Gasteiger charge is 2.33. The highest BCUT2D eigenvalue weighted by atomic mass is 35.5. The van der Waals surface area contributed by atoms with Crippen molar-refractivity contribution in [2.24, 2.45) is 9.98 Å². The van der Waals surface area contributed by atoms with E-state index in [0.29, 0.717) is 124 Å². The molecule has 103 heavy (non-hydrogen) atoms. The number of rotatable bonds is 16. The van der Waals surface area contributed by atoms with Crippen molar-refractivity contribution in [3.63, 3.8) is 0 Å². The van der Waals surface area contributed by atoms with Crippen LogP contribution in [0.2, 0.25) is 5.02 Å². The monoisotopic (exact) mass is 1500 g/mol. The second kappa shape index (κ2) is 32.9. The third kappa shape index (κ3) is 19.3. The van der Waals surface area contributed by atoms with E-state index in [0.717, 1.165) is 30.7 Å². The summed E-state index contributed by atoms with van der Waals surface area (Å²) >= 11 is 6.29. The Hall–Kier alpha value is -8.80. The van der Waals surface area contributed by atoms with Gasteiger partial charge in [-0.1, -0.05) is 49.7 Å². The fourth-order valence-electron chi connectivity index (χ4n) is 10.7. The summed E-state index contributed by atoms with van der Waals surface area (Å²) in [5, 5.41) is 51.3. The van der Waals surface area contributed by atoms with Gasteiger partial charge in [0.25, 0.3) is 0 Å². The number of hydroxylamine groups is 4. The summed E-state index contributed by atoms with van der Waals surface area (Å²) in [6.07, 6.45) is 18.3. The predicted molar refractivity (Wildman–Crippen MR) is 404 cm³/mol. The van der Waals surface area contributed by atoms with Crippen molar-refractivity contribution in [3.8, 4) is 0 Å². The van der Waals surface area contributed by atoms with Gasteiger partial charge in [0.05, 0.1) is 75.6 Å². The van der Waals surface area contributed by atoms with Crippen LogP contribution in [-0.4, -0.2) is 207 Å². The van der Waals surface area contributed by atoms with E-state index in [1.165, 1.54) is 45.7 Å². The van der Waals surface area contributed by atoms with Crippen molar-refractivity contribution < 1.29 is 53.6 Å². The average molecular weight is 1500 g/mol. The number of benzene rings is 5. The number of hydrogen-bond acceptors (Lipinski definition) is 21. The minimum Gasteiger partial charge on any atom is -0.623 e. The number of sulfonamides is 4. The average Bonchev–Trinajstić information content (AvgIpc) is 1.51. The molecule has 0 aliphatic carbocycles. The molecule has 2 fully saturated rings. The van der Waals surface area contributed by atoms with Crippen molar-refractivity contribution >= 4 is 146 Å². The quantitative estimate of drug-likeness (QED) is 0.0362. The molecule has 0 bridgehead atoms. The molecule has 32 heteroatoms. The van der Waals surface area contributed by atoms with Gasteiger partial charge in [0.1, 0.15) is 0 Å². The number of likely N-dealkylation sites (N-methyl/N-ethyl adjacent to an activating group) is 2. The van der Waals surface area contributed by atoms with Gasteiger partial charge < -0.3 is 20.2 Å². The van der Waals surface area contributed by atoms with Crippen LogP contribution in [0.1, 0.15) is 66.5 Å². The fraction of sp³-hybridized carbons (Fsp3) is 0.310. The number of para-hydroxylation sites is 1. The van der Waals surface area contributed by atoms with Crippen molar-refractivity contribution in [1.82, 2.24) is 47.9 Å². The maximum Gasteiger partial charge on any atom is 0.244 e. The van der Waals surface area contributed by atoms with Crippen LogP contribution in [0.5, 0.6) is 0 Å². The highest BCUT2D eigenvalue weighted by Crippen LogP contribution is 2.31. The van der Waals surface area contributed by atoms with Crippen LogP contribution in [0.15, 0.2) is 164 Å². The standard InChI is InChI=1S/C20H20ClN5O3S.C19H26N4O3S.C17H17N3O3S.C15H21N3O3S/c1-24-7-9-25(10-8-24)30(28,29)20-12-17-18(21)4-6-23-19(17)11-15(20)14-26(27)16-3-2-5-22-13-16;1-19(2,3)23(24)14-16-12-17-15(6-5-7-20-17)13-18(16)27(25,26)22-10-8-21(4)9-11-22;1-2-19-24(22,23)17-11-13-8-9-18-16(13)10-14(17)12-20(21)15-6-4-3-5-7-15;1-5-17-22(20,21)14-9-11-6-7-16-13(11)8-12(14)10-18(19)15(2,3)4/h2-6,11-14H,7-10H2,1H3;5-7,12-14H,8-11H2,1-4H3;3-12,19,21H,2H2,1H3;6-10,17,19H,5H2,1-4H3/b26-14-;23-14-;;. The lowest BCUT2D eigenvalue weighted by molar-refractivity contribution is -0.530. The molecule has 0 spiro atoms. The lowest BCUT2D eigenvalue weighted by Gasteiger charge is -2.31. The van der Waals surface area contributed by atoms with Crippen molar-refractivity contribution in [2.45, 2.75) is 86.0 Å². The Morgan fingerprint density at radius 1 is 0.583 bits per heavy atom. The van der Waals surface area contributed by atoms with Gasteiger partial charge in [-0.15, -0.1) is 0 Å². The zero-order valence-corrected chi connectivity index (χ0v) is 62.7. The van der Waals surface area contributed by atoms with E-state index >= 15 is 0 Å². The highest BCUT2D eigenvalue weighted by molar-refractivity contribution is 7.90. The second-order valence-corrected chi connectivity index (χ2v) is 33.9. The van der Waals surface area contributed by atoms with Gasteiger partial charge in [-0.3, -0.25) is 40.4 Å². The maximum absolute atomic E-state index is 13.5. The van der Waals surface area contributed by atoms with E-state index in [1.54, 1.807) is 169 Å². The molecule has 546 valence electrons. The van der Waals surface area contributed by atoms with Crippen molar-refractivity contribution in [3.05, 3.63) is 181 Å². The minimum atomic E-state index is -3.84. The van der Waals surface area contributed by atoms with E-state index in [1.807, 2.05) is 47.0 Å². The number of pyridine rings is 3. The Morgan fingerprint density at radius 3 is 1.60 bits per heavy atom. The lowest BCUT2D eigenvalue weighted by atomic mass is 10.1. The van der Waals surface area contributed by atoms with Gasteiger partial charge in [0.2, 0.25) is 45.8 Å². The third-order valence-corrected chi connectivity index (χ3v) is 24.0. The molecule has 0 unspecified atom stereocenters. The summed E-state index contributed by atoms with van der Waals surface area (Å²) in [6, 6.07) is 30.1. The number of fused-ring (bicyclic) bond motifs is 4. The topological polar surface area (TPSA) is 336 Å². The smallest absolute Gasteiger partial charge is 0.244 e. The number of hydrogen-bond donors (Lipinski definition) is 4. The molecule has 8 aromatic rings. The first-order valence-electron chi connectivity index (χ1n) is 32.8. The molecule has 12 rings (SSSR count). The Labute approximate surface area is 605 Å². The van der Waals surface area contributed by atoms with E-state index < -0.39 is 51.2 Å². The van der Waals surface area contributed by atoms with Gasteiger partial charge >= 0.3 is 0 Å². The number of nitrogens with zero attached hydrogens (tertiary/aromatic N) is 13. The number of aliphatic imine (C=N–C) groups is 2. The van der Waals surface area contributed by atoms with E-state index in [4.69, 9.17) is 11.6 Å². The number of nitrogens with one attached hydrogen (secondary N) is 2. The number of aromatic nitrogens is 3. The summed E-state index contributed by atoms with van der Waals surface area (Å²) in [4.78, 5) is 25.5. The second-order valence-electron chi connectivity index (χ2n) is 26.2. The maximum atomic E-state index is 13.5. The zero-order valence-electron chi connectivity index (χ0n) is 58.7. The van der Waals surface area contributed by atoms with Crippen LogP contribution in [0, 0.1) is 10.4 Å². The summed E-state index contributed by atoms with van der Waals surface area (Å²) in [5.74, 6) is 0. The van der Waals surface area contributed by atoms with Gasteiger partial charge in [0.15, 0.2) is 18.0 Å². The van der Waals surface area contributed by atoms with Gasteiger partial charge in [-0.05, 0) is 126 Å². The molecule has 7 heterocycles.